The van der Waals surface area contributed by atoms with Gasteiger partial charge in [0.2, 0.25) is 0 Å². The molecule has 0 saturated heterocycles. The summed E-state index contributed by atoms with van der Waals surface area (Å²) in [6.45, 7) is 11.3. The van der Waals surface area contributed by atoms with Crippen molar-refractivity contribution in [3.63, 3.8) is 0 Å². The number of carbonyl (C=O) groups excluding carboxylic acids is 2. The van der Waals surface area contributed by atoms with Crippen molar-refractivity contribution in [3.8, 4) is 0 Å². The molecule has 2 aliphatic carbocycles. The molecule has 0 radical (unpaired) electrons. The summed E-state index contributed by atoms with van der Waals surface area (Å²) in [6.07, 6.45) is 4.57. The van der Waals surface area contributed by atoms with Crippen molar-refractivity contribution in [2.75, 3.05) is 0 Å². The van der Waals surface area contributed by atoms with Gasteiger partial charge in [-0.1, -0.05) is 32.4 Å². The fourth-order valence-electron chi connectivity index (χ4n) is 4.32. The van der Waals surface area contributed by atoms with E-state index in [0.717, 1.165) is 5.57 Å². The van der Waals surface area contributed by atoms with Crippen molar-refractivity contribution in [3.05, 3.63) is 23.3 Å². The maximum atomic E-state index is 12.8. The molecule has 0 heterocycles. The molecule has 1 fully saturated rings. The van der Waals surface area contributed by atoms with Crippen LogP contribution in [0.25, 0.3) is 0 Å². The second-order valence-electron chi connectivity index (χ2n) is 8.02. The first-order valence-electron chi connectivity index (χ1n) is 8.84. The fourth-order valence-corrected chi connectivity index (χ4v) is 4.32. The van der Waals surface area contributed by atoms with Crippen molar-refractivity contribution in [1.82, 2.24) is 0 Å². The van der Waals surface area contributed by atoms with Crippen molar-refractivity contribution < 1.29 is 19.4 Å². The lowest BCUT2D eigenvalue weighted by atomic mass is 9.67. The van der Waals surface area contributed by atoms with Crippen LogP contribution in [-0.4, -0.2) is 28.6 Å². The lowest BCUT2D eigenvalue weighted by molar-refractivity contribution is -0.164. The first-order chi connectivity index (χ1) is 11.1. The molecule has 0 amide bonds. The van der Waals surface area contributed by atoms with Gasteiger partial charge in [-0.15, -0.1) is 0 Å². The summed E-state index contributed by atoms with van der Waals surface area (Å²) in [4.78, 5) is 25.2. The van der Waals surface area contributed by atoms with Gasteiger partial charge in [0.25, 0.3) is 0 Å². The van der Waals surface area contributed by atoms with Crippen LogP contribution in [0.4, 0.5) is 0 Å². The first kappa shape index (κ1) is 18.9. The zero-order chi connectivity index (χ0) is 18.3. The summed E-state index contributed by atoms with van der Waals surface area (Å²) in [5.74, 6) is -0.729. The largest absolute Gasteiger partial charge is 0.458 e. The van der Waals surface area contributed by atoms with Gasteiger partial charge >= 0.3 is 5.97 Å². The van der Waals surface area contributed by atoms with E-state index in [1.165, 1.54) is 0 Å². The van der Waals surface area contributed by atoms with Crippen molar-refractivity contribution in [2.45, 2.75) is 72.5 Å². The molecular weight excluding hydrogens is 304 g/mol. The van der Waals surface area contributed by atoms with Crippen LogP contribution in [0.15, 0.2) is 23.3 Å². The Balaban J connectivity index is 2.48. The number of rotatable bonds is 3. The van der Waals surface area contributed by atoms with Crippen LogP contribution < -0.4 is 0 Å². The molecule has 0 spiro atoms. The summed E-state index contributed by atoms with van der Waals surface area (Å²) in [7, 11) is 0. The molecule has 0 aromatic rings. The lowest BCUT2D eigenvalue weighted by Gasteiger charge is -2.42. The average molecular weight is 334 g/mol. The molecule has 2 rings (SSSR count). The van der Waals surface area contributed by atoms with Gasteiger partial charge in [-0.05, 0) is 45.6 Å². The number of aliphatic hydroxyl groups is 1. The number of fused-ring (bicyclic) bond motifs is 1. The van der Waals surface area contributed by atoms with Gasteiger partial charge < -0.3 is 9.84 Å². The second-order valence-corrected chi connectivity index (χ2v) is 8.02. The summed E-state index contributed by atoms with van der Waals surface area (Å²) < 4.78 is 5.81. The van der Waals surface area contributed by atoms with E-state index in [0.29, 0.717) is 24.8 Å². The molecule has 0 unspecified atom stereocenters. The first-order valence-corrected chi connectivity index (χ1v) is 8.84. The van der Waals surface area contributed by atoms with Gasteiger partial charge in [0, 0.05) is 23.3 Å². The van der Waals surface area contributed by atoms with Crippen LogP contribution in [0.1, 0.15) is 60.8 Å². The highest BCUT2D eigenvalue weighted by atomic mass is 16.5. The molecule has 2 aliphatic rings. The third kappa shape index (κ3) is 2.97. The minimum Gasteiger partial charge on any atom is -0.458 e. The number of allylic oxidation sites excluding steroid dienone is 2. The molecule has 134 valence electrons. The van der Waals surface area contributed by atoms with E-state index in [-0.39, 0.29) is 23.6 Å². The van der Waals surface area contributed by atoms with Crippen molar-refractivity contribution in [2.24, 2.45) is 17.3 Å². The lowest BCUT2D eigenvalue weighted by Crippen LogP contribution is -2.52. The maximum Gasteiger partial charge on any atom is 0.333 e. The molecule has 4 nitrogen and oxygen atoms in total. The Bertz CT molecular complexity index is 601. The van der Waals surface area contributed by atoms with Crippen molar-refractivity contribution >= 4 is 11.8 Å². The van der Waals surface area contributed by atoms with Crippen LogP contribution in [0.2, 0.25) is 0 Å². The van der Waals surface area contributed by atoms with E-state index < -0.39 is 17.1 Å². The normalized spacial score (nSPS) is 37.1. The van der Waals surface area contributed by atoms with Gasteiger partial charge in [-0.2, -0.15) is 0 Å². The summed E-state index contributed by atoms with van der Waals surface area (Å²) in [6, 6.07) is 0. The van der Waals surface area contributed by atoms with E-state index in [1.54, 1.807) is 26.0 Å². The highest BCUT2D eigenvalue weighted by Gasteiger charge is 2.62. The average Bonchev–Trinajstić information content (AvgIpc) is 2.74. The maximum absolute atomic E-state index is 12.8. The Kier molecular flexibility index (Phi) is 5.10. The molecule has 0 aromatic heterocycles. The zero-order valence-corrected chi connectivity index (χ0v) is 15.7. The summed E-state index contributed by atoms with van der Waals surface area (Å²) in [5.41, 5.74) is -0.249. The smallest absolute Gasteiger partial charge is 0.333 e. The monoisotopic (exact) mass is 334 g/mol. The molecule has 0 aromatic carbocycles. The summed E-state index contributed by atoms with van der Waals surface area (Å²) in [5, 5.41) is 11.4. The number of hydrogen-bond donors (Lipinski definition) is 1. The van der Waals surface area contributed by atoms with Gasteiger partial charge in [0.1, 0.15) is 6.10 Å². The van der Waals surface area contributed by atoms with E-state index in [2.05, 4.69) is 0 Å². The van der Waals surface area contributed by atoms with Crippen LogP contribution >= 0.6 is 0 Å². The molecule has 4 heteroatoms. The van der Waals surface area contributed by atoms with E-state index in [4.69, 9.17) is 4.74 Å². The Morgan fingerprint density at radius 3 is 2.58 bits per heavy atom. The Morgan fingerprint density at radius 2 is 2.04 bits per heavy atom. The van der Waals surface area contributed by atoms with E-state index >= 15 is 0 Å². The standard InChI is InChI=1S/C20H30O4/c1-7-14(5)18(22)24-15-10-13(4)11-16(21)19(6)8-9-20(23,12(2)3)17(15)19/h7,11-12,15,17,23H,8-10H2,1-6H3/b14-7-/t15-,17-,19-,20+/m1/s1. The molecule has 1 N–H and O–H groups in total. The Morgan fingerprint density at radius 1 is 1.42 bits per heavy atom. The number of carbonyl (C=O) groups is 2. The van der Waals surface area contributed by atoms with Gasteiger partial charge in [0.05, 0.1) is 5.60 Å². The molecule has 24 heavy (non-hydrogen) atoms. The SMILES string of the molecule is C/C=C(/C)C(=O)O[C@@H]1CC(C)=CC(=O)[C@@]2(C)CC[C@](O)(C(C)C)[C@H]12. The molecule has 1 saturated carbocycles. The van der Waals surface area contributed by atoms with Crippen molar-refractivity contribution in [1.29, 1.82) is 0 Å². The van der Waals surface area contributed by atoms with E-state index in [9.17, 15) is 14.7 Å². The highest BCUT2D eigenvalue weighted by Crippen LogP contribution is 2.56. The quantitative estimate of drug-likeness (QED) is 0.633. The third-order valence-electron chi connectivity index (χ3n) is 6.12. The molecule has 0 bridgehead atoms. The number of hydrogen-bond acceptors (Lipinski definition) is 4. The predicted octanol–water partition coefficient (Wildman–Crippen LogP) is 3.59. The van der Waals surface area contributed by atoms with Gasteiger partial charge in [0.15, 0.2) is 5.78 Å². The topological polar surface area (TPSA) is 63.6 Å². The Labute approximate surface area is 145 Å². The van der Waals surface area contributed by atoms with Crippen LogP contribution in [0.5, 0.6) is 0 Å². The predicted molar refractivity (Wildman–Crippen MR) is 93.3 cm³/mol. The van der Waals surface area contributed by atoms with Crippen LogP contribution in [-0.2, 0) is 14.3 Å². The zero-order valence-electron chi connectivity index (χ0n) is 15.7. The summed E-state index contributed by atoms with van der Waals surface area (Å²) >= 11 is 0. The molecule has 0 aliphatic heterocycles. The van der Waals surface area contributed by atoms with E-state index in [1.807, 2.05) is 27.7 Å². The number of ether oxygens (including phenoxy) is 1. The van der Waals surface area contributed by atoms with Gasteiger partial charge in [-0.3, -0.25) is 4.79 Å². The minimum atomic E-state index is -1.00. The molecule has 4 atom stereocenters. The number of ketones is 1. The van der Waals surface area contributed by atoms with Crippen LogP contribution in [0, 0.1) is 17.3 Å². The Hall–Kier alpha value is -1.42. The molecular formula is C20H30O4. The van der Waals surface area contributed by atoms with Gasteiger partial charge in [-0.25, -0.2) is 4.79 Å². The fraction of sp³-hybridized carbons (Fsp3) is 0.700. The number of esters is 1. The van der Waals surface area contributed by atoms with Crippen LogP contribution in [0.3, 0.4) is 0 Å². The highest BCUT2D eigenvalue weighted by molar-refractivity contribution is 5.96. The minimum absolute atomic E-state index is 0.0143. The third-order valence-corrected chi connectivity index (χ3v) is 6.12. The second kappa shape index (κ2) is 6.47.